The highest BCUT2D eigenvalue weighted by molar-refractivity contribution is 5.84. The first-order valence-corrected chi connectivity index (χ1v) is 5.57. The Hall–Kier alpha value is -0.410. The maximum absolute atomic E-state index is 12.1. The molecule has 0 spiro atoms. The van der Waals surface area contributed by atoms with E-state index in [2.05, 4.69) is 23.9 Å². The first-order chi connectivity index (χ1) is 6.66. The van der Waals surface area contributed by atoms with Crippen LogP contribution in [0.1, 0.15) is 12.8 Å². The van der Waals surface area contributed by atoms with Crippen LogP contribution >= 0.6 is 0 Å². The molecule has 2 saturated heterocycles. The lowest BCUT2D eigenvalue weighted by Crippen LogP contribution is -2.27. The molecule has 80 valence electrons. The Labute approximate surface area is 86.1 Å². The third kappa shape index (κ3) is 1.98. The van der Waals surface area contributed by atoms with Crippen LogP contribution in [0, 0.1) is 11.8 Å². The zero-order chi connectivity index (χ0) is 10.1. The summed E-state index contributed by atoms with van der Waals surface area (Å²) in [7, 11) is 4.21. The fourth-order valence-corrected chi connectivity index (χ4v) is 2.67. The topological polar surface area (TPSA) is 23.6 Å². The molecule has 14 heavy (non-hydrogen) atoms. The average Bonchev–Trinajstić information content (AvgIpc) is 2.73. The summed E-state index contributed by atoms with van der Waals surface area (Å²) < 4.78 is 0. The molecule has 0 amide bonds. The Morgan fingerprint density at radius 1 is 1.00 bits per heavy atom. The Kier molecular flexibility index (Phi) is 2.88. The molecule has 0 saturated carbocycles. The Balaban J connectivity index is 1.89. The van der Waals surface area contributed by atoms with Crippen LogP contribution in [0.4, 0.5) is 0 Å². The van der Waals surface area contributed by atoms with Crippen molar-refractivity contribution in [1.82, 2.24) is 9.80 Å². The minimum atomic E-state index is 0.330. The number of rotatable bonds is 2. The van der Waals surface area contributed by atoms with E-state index >= 15 is 0 Å². The van der Waals surface area contributed by atoms with Crippen molar-refractivity contribution in [1.29, 1.82) is 0 Å². The second kappa shape index (κ2) is 3.99. The highest BCUT2D eigenvalue weighted by Gasteiger charge is 2.34. The first kappa shape index (κ1) is 10.1. The van der Waals surface area contributed by atoms with Gasteiger partial charge in [-0.2, -0.15) is 0 Å². The summed E-state index contributed by atoms with van der Waals surface area (Å²) in [6, 6.07) is 0. The molecular weight excluding hydrogens is 176 g/mol. The van der Waals surface area contributed by atoms with Gasteiger partial charge in [-0.1, -0.05) is 0 Å². The van der Waals surface area contributed by atoms with Crippen molar-refractivity contribution in [3.8, 4) is 0 Å². The maximum atomic E-state index is 12.1. The van der Waals surface area contributed by atoms with E-state index in [1.165, 1.54) is 0 Å². The van der Waals surface area contributed by atoms with Crippen LogP contribution in [-0.2, 0) is 4.79 Å². The molecule has 0 radical (unpaired) electrons. The summed E-state index contributed by atoms with van der Waals surface area (Å²) in [5.74, 6) is 1.19. The SMILES string of the molecule is CN1CCC(C(=O)C2CCN(C)C2)C1. The van der Waals surface area contributed by atoms with Crippen LogP contribution in [0.3, 0.4) is 0 Å². The van der Waals surface area contributed by atoms with Gasteiger partial charge in [0.05, 0.1) is 0 Å². The molecule has 2 fully saturated rings. The Morgan fingerprint density at radius 2 is 1.43 bits per heavy atom. The van der Waals surface area contributed by atoms with Crippen molar-refractivity contribution in [2.75, 3.05) is 40.3 Å². The predicted molar refractivity (Wildman–Crippen MR) is 56.2 cm³/mol. The Bertz CT molecular complexity index is 207. The zero-order valence-electron chi connectivity index (χ0n) is 9.20. The van der Waals surface area contributed by atoms with Gasteiger partial charge in [0.15, 0.2) is 0 Å². The predicted octanol–water partition coefficient (Wildman–Crippen LogP) is 0.459. The third-order valence-electron chi connectivity index (χ3n) is 3.59. The molecule has 0 aromatic heterocycles. The number of nitrogens with zero attached hydrogens (tertiary/aromatic N) is 2. The van der Waals surface area contributed by atoms with E-state index in [1.807, 2.05) is 0 Å². The van der Waals surface area contributed by atoms with Gasteiger partial charge in [0.25, 0.3) is 0 Å². The number of ketones is 1. The van der Waals surface area contributed by atoms with Crippen LogP contribution in [0.2, 0.25) is 0 Å². The van der Waals surface area contributed by atoms with E-state index in [9.17, 15) is 4.79 Å². The summed E-state index contributed by atoms with van der Waals surface area (Å²) in [4.78, 5) is 16.6. The molecule has 2 rings (SSSR count). The van der Waals surface area contributed by atoms with E-state index in [4.69, 9.17) is 0 Å². The molecular formula is C11H20N2O. The van der Waals surface area contributed by atoms with Crippen LogP contribution < -0.4 is 0 Å². The largest absolute Gasteiger partial charge is 0.306 e. The average molecular weight is 196 g/mol. The van der Waals surface area contributed by atoms with Crippen LogP contribution in [0.5, 0.6) is 0 Å². The number of hydrogen-bond donors (Lipinski definition) is 0. The Morgan fingerprint density at radius 3 is 1.71 bits per heavy atom. The lowest BCUT2D eigenvalue weighted by atomic mass is 9.91. The monoisotopic (exact) mass is 196 g/mol. The quantitative estimate of drug-likeness (QED) is 0.641. The van der Waals surface area contributed by atoms with Crippen molar-refractivity contribution < 1.29 is 4.79 Å². The van der Waals surface area contributed by atoms with Gasteiger partial charge in [0.2, 0.25) is 0 Å². The van der Waals surface area contributed by atoms with Crippen molar-refractivity contribution in [2.45, 2.75) is 12.8 Å². The van der Waals surface area contributed by atoms with Gasteiger partial charge in [-0.05, 0) is 40.0 Å². The zero-order valence-corrected chi connectivity index (χ0v) is 9.20. The normalized spacial score (nSPS) is 35.3. The second-order valence-electron chi connectivity index (χ2n) is 4.90. The third-order valence-corrected chi connectivity index (χ3v) is 3.59. The van der Waals surface area contributed by atoms with Gasteiger partial charge in [-0.3, -0.25) is 4.79 Å². The molecule has 2 atom stereocenters. The fourth-order valence-electron chi connectivity index (χ4n) is 2.67. The van der Waals surface area contributed by atoms with E-state index in [0.717, 1.165) is 39.0 Å². The van der Waals surface area contributed by atoms with Crippen LogP contribution in [-0.4, -0.2) is 55.9 Å². The van der Waals surface area contributed by atoms with E-state index in [1.54, 1.807) is 0 Å². The summed E-state index contributed by atoms with van der Waals surface area (Å²) in [6.45, 7) is 4.16. The molecule has 0 aliphatic carbocycles. The lowest BCUT2D eigenvalue weighted by Gasteiger charge is -2.14. The van der Waals surface area contributed by atoms with Crippen molar-refractivity contribution in [3.05, 3.63) is 0 Å². The van der Waals surface area contributed by atoms with Crippen molar-refractivity contribution in [3.63, 3.8) is 0 Å². The first-order valence-electron chi connectivity index (χ1n) is 5.57. The van der Waals surface area contributed by atoms with Gasteiger partial charge in [-0.15, -0.1) is 0 Å². The van der Waals surface area contributed by atoms with Crippen LogP contribution in [0.25, 0.3) is 0 Å². The second-order valence-corrected chi connectivity index (χ2v) is 4.90. The number of likely N-dealkylation sites (tertiary alicyclic amines) is 2. The highest BCUT2D eigenvalue weighted by Crippen LogP contribution is 2.24. The number of Topliss-reactive ketones (excluding diaryl/α,β-unsaturated/α-hetero) is 1. The summed E-state index contributed by atoms with van der Waals surface area (Å²) >= 11 is 0. The molecule has 2 aliphatic heterocycles. The highest BCUT2D eigenvalue weighted by atomic mass is 16.1. The van der Waals surface area contributed by atoms with Gasteiger partial charge in [-0.25, -0.2) is 0 Å². The smallest absolute Gasteiger partial charge is 0.141 e. The molecule has 2 unspecified atom stereocenters. The number of hydrogen-bond acceptors (Lipinski definition) is 3. The molecule has 0 aromatic rings. The molecule has 2 heterocycles. The van der Waals surface area contributed by atoms with Gasteiger partial charge in [0.1, 0.15) is 5.78 Å². The van der Waals surface area contributed by atoms with Crippen molar-refractivity contribution >= 4 is 5.78 Å². The van der Waals surface area contributed by atoms with Gasteiger partial charge >= 0.3 is 0 Å². The summed E-state index contributed by atoms with van der Waals surface area (Å²) in [5.41, 5.74) is 0. The minimum Gasteiger partial charge on any atom is -0.306 e. The molecule has 3 nitrogen and oxygen atoms in total. The standard InChI is InChI=1S/C11H20N2O/c1-12-5-3-9(7-12)11(14)10-4-6-13(2)8-10/h9-10H,3-8H2,1-2H3. The molecule has 0 N–H and O–H groups in total. The summed E-state index contributed by atoms with van der Waals surface area (Å²) in [6.07, 6.45) is 2.16. The number of carbonyl (C=O) groups is 1. The van der Waals surface area contributed by atoms with E-state index in [0.29, 0.717) is 17.6 Å². The molecule has 0 bridgehead atoms. The van der Waals surface area contributed by atoms with Crippen molar-refractivity contribution in [2.24, 2.45) is 11.8 Å². The maximum Gasteiger partial charge on any atom is 0.141 e. The van der Waals surface area contributed by atoms with Crippen LogP contribution in [0.15, 0.2) is 0 Å². The van der Waals surface area contributed by atoms with Gasteiger partial charge < -0.3 is 9.80 Å². The lowest BCUT2D eigenvalue weighted by molar-refractivity contribution is -0.126. The summed E-state index contributed by atoms with van der Waals surface area (Å²) in [5, 5.41) is 0. The van der Waals surface area contributed by atoms with Gasteiger partial charge in [0, 0.05) is 24.9 Å². The number of carbonyl (C=O) groups excluding carboxylic acids is 1. The fraction of sp³-hybridized carbons (Fsp3) is 0.909. The van der Waals surface area contributed by atoms with E-state index < -0.39 is 0 Å². The molecule has 0 aromatic carbocycles. The molecule has 3 heteroatoms. The molecule has 2 aliphatic rings. The minimum absolute atomic E-state index is 0.330. The van der Waals surface area contributed by atoms with E-state index in [-0.39, 0.29) is 0 Å².